The van der Waals surface area contributed by atoms with Crippen molar-refractivity contribution < 1.29 is 9.59 Å². The van der Waals surface area contributed by atoms with Gasteiger partial charge >= 0.3 is 0 Å². The van der Waals surface area contributed by atoms with Crippen LogP contribution in [0.4, 0.5) is 11.4 Å². The molecule has 0 fully saturated rings. The first kappa shape index (κ1) is 25.6. The van der Waals surface area contributed by atoms with Gasteiger partial charge in [-0.1, -0.05) is 101 Å². The van der Waals surface area contributed by atoms with Gasteiger partial charge in [-0.25, -0.2) is 0 Å². The summed E-state index contributed by atoms with van der Waals surface area (Å²) >= 11 is 0. The Balaban J connectivity index is 1.30. The van der Waals surface area contributed by atoms with E-state index in [1.165, 1.54) is 51.4 Å². The zero-order valence-electron chi connectivity index (χ0n) is 19.5. The molecule has 0 unspecified atom stereocenters. The summed E-state index contributed by atoms with van der Waals surface area (Å²) in [6.07, 6.45) is 15.7. The lowest BCUT2D eigenvalue weighted by atomic mass is 10.0. The molecule has 0 aliphatic carbocycles. The zero-order chi connectivity index (χ0) is 22.7. The van der Waals surface area contributed by atoms with Gasteiger partial charge in [0.2, 0.25) is 11.8 Å². The lowest BCUT2D eigenvalue weighted by Crippen LogP contribution is -2.10. The van der Waals surface area contributed by atoms with E-state index in [-0.39, 0.29) is 11.8 Å². The number of nitrogens with one attached hydrogen (secondary N) is 2. The molecule has 0 saturated heterocycles. The average Bonchev–Trinajstić information content (AvgIpc) is 2.80. The number of carbonyl (C=O) groups is 2. The summed E-state index contributed by atoms with van der Waals surface area (Å²) in [5.41, 5.74) is 1.76. The first-order valence-corrected chi connectivity index (χ1v) is 12.4. The highest BCUT2D eigenvalue weighted by molar-refractivity contribution is 5.91. The van der Waals surface area contributed by atoms with Crippen molar-refractivity contribution in [1.29, 1.82) is 0 Å². The van der Waals surface area contributed by atoms with Gasteiger partial charge in [0.15, 0.2) is 0 Å². The van der Waals surface area contributed by atoms with Crippen molar-refractivity contribution in [2.24, 2.45) is 0 Å². The third-order valence-corrected chi connectivity index (χ3v) is 5.67. The molecule has 2 N–H and O–H groups in total. The number of para-hydroxylation sites is 2. The van der Waals surface area contributed by atoms with Crippen molar-refractivity contribution >= 4 is 23.2 Å². The Morgan fingerprint density at radius 1 is 0.438 bits per heavy atom. The number of rotatable bonds is 17. The molecule has 4 nitrogen and oxygen atoms in total. The van der Waals surface area contributed by atoms with Crippen LogP contribution in [0.3, 0.4) is 0 Å². The normalized spacial score (nSPS) is 10.6. The summed E-state index contributed by atoms with van der Waals surface area (Å²) in [7, 11) is 0. The highest BCUT2D eigenvalue weighted by Crippen LogP contribution is 2.14. The molecule has 0 heterocycles. The maximum Gasteiger partial charge on any atom is 0.224 e. The first-order chi connectivity index (χ1) is 15.7. The Kier molecular flexibility index (Phi) is 13.6. The standard InChI is InChI=1S/C28H40N2O2/c31-27(29-25-19-13-11-14-20-25)23-17-9-7-5-3-1-2-4-6-8-10-18-24-28(32)30-26-21-15-12-16-22-26/h11-16,19-22H,1-10,17-18,23-24H2,(H,29,31)(H,30,32). The van der Waals surface area contributed by atoms with Crippen LogP contribution in [-0.2, 0) is 9.59 Å². The predicted molar refractivity (Wildman–Crippen MR) is 135 cm³/mol. The fraction of sp³-hybridized carbons (Fsp3) is 0.500. The number of unbranched alkanes of at least 4 members (excludes halogenated alkanes) is 11. The number of benzene rings is 2. The lowest BCUT2D eigenvalue weighted by molar-refractivity contribution is -0.117. The molecule has 0 spiro atoms. The topological polar surface area (TPSA) is 58.2 Å². The molecule has 0 bridgehead atoms. The largest absolute Gasteiger partial charge is 0.326 e. The van der Waals surface area contributed by atoms with Crippen molar-refractivity contribution in [1.82, 2.24) is 0 Å². The second-order valence-corrected chi connectivity index (χ2v) is 8.57. The third kappa shape index (κ3) is 12.9. The monoisotopic (exact) mass is 436 g/mol. The second kappa shape index (κ2) is 17.0. The van der Waals surface area contributed by atoms with Gasteiger partial charge < -0.3 is 10.6 Å². The van der Waals surface area contributed by atoms with Crippen LogP contribution in [0.5, 0.6) is 0 Å². The Hall–Kier alpha value is -2.62. The summed E-state index contributed by atoms with van der Waals surface area (Å²) in [5.74, 6) is 0.237. The van der Waals surface area contributed by atoms with E-state index in [1.54, 1.807) is 0 Å². The fourth-order valence-electron chi connectivity index (χ4n) is 3.83. The molecule has 2 aromatic rings. The fourth-order valence-corrected chi connectivity index (χ4v) is 3.83. The van der Waals surface area contributed by atoms with Crippen molar-refractivity contribution in [3.63, 3.8) is 0 Å². The number of anilines is 2. The Morgan fingerprint density at radius 2 is 0.719 bits per heavy atom. The van der Waals surface area contributed by atoms with Gasteiger partial charge in [-0.15, -0.1) is 0 Å². The molecule has 0 atom stereocenters. The Morgan fingerprint density at radius 3 is 1.03 bits per heavy atom. The highest BCUT2D eigenvalue weighted by atomic mass is 16.2. The highest BCUT2D eigenvalue weighted by Gasteiger charge is 2.03. The molecule has 4 heteroatoms. The summed E-state index contributed by atoms with van der Waals surface area (Å²) in [6.45, 7) is 0. The molecule has 0 aliphatic heterocycles. The van der Waals surface area contributed by atoms with Crippen LogP contribution in [-0.4, -0.2) is 11.8 Å². The van der Waals surface area contributed by atoms with Crippen molar-refractivity contribution in [3.05, 3.63) is 60.7 Å². The van der Waals surface area contributed by atoms with Gasteiger partial charge in [-0.2, -0.15) is 0 Å². The molecule has 0 saturated carbocycles. The maximum absolute atomic E-state index is 11.9. The van der Waals surface area contributed by atoms with Crippen LogP contribution < -0.4 is 10.6 Å². The van der Waals surface area contributed by atoms with E-state index in [0.29, 0.717) is 12.8 Å². The molecule has 0 aliphatic rings. The van der Waals surface area contributed by atoms with Gasteiger partial charge in [0, 0.05) is 24.2 Å². The van der Waals surface area contributed by atoms with Crippen LogP contribution >= 0.6 is 0 Å². The minimum absolute atomic E-state index is 0.119. The van der Waals surface area contributed by atoms with E-state index in [9.17, 15) is 9.59 Å². The number of hydrogen-bond acceptors (Lipinski definition) is 2. The first-order valence-electron chi connectivity index (χ1n) is 12.4. The van der Waals surface area contributed by atoms with Crippen molar-refractivity contribution in [2.75, 3.05) is 10.6 Å². The third-order valence-electron chi connectivity index (χ3n) is 5.67. The molecule has 0 aromatic heterocycles. The van der Waals surface area contributed by atoms with Crippen LogP contribution in [0.2, 0.25) is 0 Å². The Bertz CT molecular complexity index is 681. The van der Waals surface area contributed by atoms with Crippen molar-refractivity contribution in [2.45, 2.75) is 89.9 Å². The maximum atomic E-state index is 11.9. The summed E-state index contributed by atoms with van der Waals surface area (Å²) in [6, 6.07) is 19.3. The quantitative estimate of drug-likeness (QED) is 0.249. The summed E-state index contributed by atoms with van der Waals surface area (Å²) in [5, 5.41) is 5.88. The molecule has 174 valence electrons. The summed E-state index contributed by atoms with van der Waals surface area (Å²) < 4.78 is 0. The van der Waals surface area contributed by atoms with E-state index < -0.39 is 0 Å². The molecule has 2 rings (SSSR count). The smallest absolute Gasteiger partial charge is 0.224 e. The van der Waals surface area contributed by atoms with Crippen LogP contribution in [0, 0.1) is 0 Å². The molecule has 2 aromatic carbocycles. The molecule has 2 amide bonds. The van der Waals surface area contributed by atoms with Crippen molar-refractivity contribution in [3.8, 4) is 0 Å². The van der Waals surface area contributed by atoms with Gasteiger partial charge in [0.05, 0.1) is 0 Å². The van der Waals surface area contributed by atoms with Crippen LogP contribution in [0.25, 0.3) is 0 Å². The number of amides is 2. The Labute approximate surface area is 194 Å². The molecular formula is C28H40N2O2. The minimum atomic E-state index is 0.119. The average molecular weight is 437 g/mol. The van der Waals surface area contributed by atoms with E-state index >= 15 is 0 Å². The molecular weight excluding hydrogens is 396 g/mol. The number of carbonyl (C=O) groups excluding carboxylic acids is 2. The molecule has 32 heavy (non-hydrogen) atoms. The van der Waals surface area contributed by atoms with E-state index in [1.807, 2.05) is 60.7 Å². The molecule has 0 radical (unpaired) electrons. The minimum Gasteiger partial charge on any atom is -0.326 e. The van der Waals surface area contributed by atoms with Crippen LogP contribution in [0.15, 0.2) is 60.7 Å². The predicted octanol–water partition coefficient (Wildman–Crippen LogP) is 7.73. The van der Waals surface area contributed by atoms with E-state index in [2.05, 4.69) is 10.6 Å². The van der Waals surface area contributed by atoms with Gasteiger partial charge in [0.25, 0.3) is 0 Å². The van der Waals surface area contributed by atoms with Gasteiger partial charge in [-0.05, 0) is 37.1 Å². The summed E-state index contributed by atoms with van der Waals surface area (Å²) in [4.78, 5) is 23.8. The van der Waals surface area contributed by atoms with E-state index in [0.717, 1.165) is 37.1 Å². The van der Waals surface area contributed by atoms with Gasteiger partial charge in [0.1, 0.15) is 0 Å². The second-order valence-electron chi connectivity index (χ2n) is 8.57. The van der Waals surface area contributed by atoms with E-state index in [4.69, 9.17) is 0 Å². The zero-order valence-corrected chi connectivity index (χ0v) is 19.5. The SMILES string of the molecule is O=C(CCCCCCCCCCCCCCC(=O)Nc1ccccc1)Nc1ccccc1. The lowest BCUT2D eigenvalue weighted by Gasteiger charge is -2.06. The van der Waals surface area contributed by atoms with Crippen LogP contribution in [0.1, 0.15) is 89.9 Å². The number of hydrogen-bond donors (Lipinski definition) is 2. The van der Waals surface area contributed by atoms with Gasteiger partial charge in [-0.3, -0.25) is 9.59 Å².